The second-order valence-corrected chi connectivity index (χ2v) is 37.7. The Morgan fingerprint density at radius 3 is 0.694 bits per heavy atom. The van der Waals surface area contributed by atoms with Crippen molar-refractivity contribution in [3.05, 3.63) is 0 Å². The van der Waals surface area contributed by atoms with Crippen LogP contribution in [0.1, 0.15) is 255 Å². The molecular formula is C95H174N6O43. The van der Waals surface area contributed by atoms with Crippen LogP contribution >= 0.6 is 0 Å². The van der Waals surface area contributed by atoms with Crippen molar-refractivity contribution in [3.63, 3.8) is 0 Å². The molecule has 49 heteroatoms. The summed E-state index contributed by atoms with van der Waals surface area (Å²) in [5.74, 6) is -3.13. The molecule has 144 heavy (non-hydrogen) atoms. The fraction of sp³-hybridized carbons (Fsp3) is 0.884. The highest BCUT2D eigenvalue weighted by Gasteiger charge is 2.53. The van der Waals surface area contributed by atoms with Gasteiger partial charge < -0.3 is 195 Å². The molecule has 8 unspecified atom stereocenters. The van der Waals surface area contributed by atoms with E-state index in [1.807, 2.05) is 41.5 Å². The Balaban J connectivity index is 0.000000867. The zero-order valence-electron chi connectivity index (χ0n) is 87.2. The quantitative estimate of drug-likeness (QED) is 0.0260. The van der Waals surface area contributed by atoms with Crippen LogP contribution in [0.2, 0.25) is 0 Å². The zero-order chi connectivity index (χ0) is 110. The first-order valence-corrected chi connectivity index (χ1v) is 49.9. The normalized spacial score (nSPS) is 30.8. The van der Waals surface area contributed by atoms with Gasteiger partial charge >= 0.3 is 11.9 Å². The van der Waals surface area contributed by atoms with E-state index in [9.17, 15) is 134 Å². The van der Waals surface area contributed by atoms with Crippen LogP contribution in [-0.4, -0.2) is 429 Å². The molecule has 0 aromatic rings. The van der Waals surface area contributed by atoms with Gasteiger partial charge in [0.25, 0.3) is 0 Å². The number of aliphatic hydroxyl groups is 18. The third-order valence-corrected chi connectivity index (χ3v) is 23.2. The summed E-state index contributed by atoms with van der Waals surface area (Å²) >= 11 is 0. The van der Waals surface area contributed by atoms with Gasteiger partial charge in [0.05, 0.1) is 95.7 Å². The minimum atomic E-state index is -1.39. The van der Waals surface area contributed by atoms with Crippen LogP contribution in [0.4, 0.5) is 0 Å². The average Bonchev–Trinajstić information content (AvgIpc) is 0.834. The summed E-state index contributed by atoms with van der Waals surface area (Å²) in [6, 6.07) is -5.90. The van der Waals surface area contributed by atoms with Gasteiger partial charge in [-0.15, -0.1) is 0 Å². The van der Waals surface area contributed by atoms with E-state index in [0.717, 1.165) is 12.8 Å². The van der Waals surface area contributed by atoms with Crippen LogP contribution < -0.4 is 31.9 Å². The molecule has 6 aliphatic heterocycles. The van der Waals surface area contributed by atoms with Crippen LogP contribution in [0.3, 0.4) is 0 Å². The molecule has 0 aromatic carbocycles. The summed E-state index contributed by atoms with van der Waals surface area (Å²) in [5.41, 5.74) is 0. The molecule has 32 atom stereocenters. The number of hydrogen-bond donors (Lipinski definition) is 24. The van der Waals surface area contributed by atoms with Crippen LogP contribution in [0.25, 0.3) is 0 Å². The summed E-state index contributed by atoms with van der Waals surface area (Å²) in [7, 11) is 0. The van der Waals surface area contributed by atoms with Gasteiger partial charge in [0.2, 0.25) is 35.4 Å². The Hall–Kier alpha value is -6.43. The number of carbonyl (C=O) groups is 11. The number of aliphatic hydroxyl groups excluding tert-OH is 18. The standard InChI is InChI=1S/2C18H33NO8.C18H33NO7.C15H27NO7.C14H25NO7.C12H23NO6/c1-5-11(4)9-25-14(22)7-6-13(21)19-15-17(24)16(23)12(8-20)27-18(15)26-10(2)3;1-5-11(6-2)26-14(22)8-7-13(21)19-15-17(24)16(23)12(9-20)27-18(15)25-10(3)4;1-5-11(4)8-12(21)6-7-14(22)19-15-17(24)16(23)13(9-20)26-18(15)25-10(2)3;1-4-9(18)5-6-11(19)16-12-14(21)13(20)10(7-17)23-15(12)22-8(2)3;1-7(2)21-14-11(15-10(18)5-4-8(3)17)13(20)12(19)9(6-16)22-14;1-4-8(15)13-9-11(17)10(16)7(5-14)19-12(9)18-6(2)3/h2*10-12,15-18,20,23-24H,5-9H2,1-4H3,(H,19,21);10-11,13,15-18,20,23-24H,5-9H2,1-4H3,(H,19,22);8,10,12-15,17,20-21H,4-7H2,1-3H3,(H,16,19);7,9,11-14,16,19-20H,4-6H2,1-3H3,(H,15,18);6-7,9-12,14,16-17H,4-5H2,1-3H3,(H,13,15)/t11?,12-,15-,16-,17-,18?;12-,15-,16-,17-,18?;11?,13-,15-,16-,17-,18?;10-,12-,13-,14-,15?;9-,11-,12-,13-,14?;7-,9-,10-,11-,12?/m111111/s1. The second-order valence-electron chi connectivity index (χ2n) is 37.7. The number of ether oxygens (including phenoxy) is 14. The number of ketones is 3. The van der Waals surface area contributed by atoms with Crippen molar-refractivity contribution in [1.82, 2.24) is 31.9 Å². The van der Waals surface area contributed by atoms with Crippen molar-refractivity contribution in [2.75, 3.05) is 46.2 Å². The first-order chi connectivity index (χ1) is 67.6. The highest BCUT2D eigenvalue weighted by Crippen LogP contribution is 2.31. The number of esters is 2. The Morgan fingerprint density at radius 2 is 0.486 bits per heavy atom. The van der Waals surface area contributed by atoms with Crippen LogP contribution in [0.15, 0.2) is 0 Å². The summed E-state index contributed by atoms with van der Waals surface area (Å²) in [4.78, 5) is 129. The molecule has 49 nitrogen and oxygen atoms in total. The third kappa shape index (κ3) is 49.1. The minimum absolute atomic E-state index is 0.00753. The van der Waals surface area contributed by atoms with Crippen LogP contribution in [0, 0.1) is 11.8 Å². The van der Waals surface area contributed by atoms with Gasteiger partial charge in [-0.05, 0) is 115 Å². The summed E-state index contributed by atoms with van der Waals surface area (Å²) in [5, 5.41) is 192. The van der Waals surface area contributed by atoms with Crippen molar-refractivity contribution in [3.8, 4) is 0 Å². The molecule has 6 saturated heterocycles. The molecule has 0 bridgehead atoms. The molecule has 0 aromatic heterocycles. The number of nitrogens with one attached hydrogen (secondary N) is 6. The monoisotopic (exact) mass is 2090 g/mol. The van der Waals surface area contributed by atoms with Gasteiger partial charge in [-0.1, -0.05) is 68.2 Å². The number of hydrogen-bond acceptors (Lipinski definition) is 43. The van der Waals surface area contributed by atoms with Crippen molar-refractivity contribution in [1.29, 1.82) is 0 Å². The lowest BCUT2D eigenvalue weighted by Crippen LogP contribution is -2.65. The van der Waals surface area contributed by atoms with Crippen LogP contribution in [-0.2, 0) is 119 Å². The molecule has 6 amide bonds. The molecule has 6 aliphatic rings. The zero-order valence-corrected chi connectivity index (χ0v) is 87.2. The SMILES string of the molecule is CC(=O)CCC(=O)N[C@H]1C(OC(C)C)O[C@H](CO)[C@@H](O)[C@@H]1O.CCC(=O)CCC(=O)N[C@H]1C(OC(C)C)O[C@H](CO)[C@@H](O)[C@@H]1O.CCC(=O)N[C@H]1C(OC(C)C)O[C@H](CO)[C@@H](O)[C@@H]1O.CCC(C)CC(=O)CCC(=O)N[C@H]1C(OC(C)C)O[C@H](CO)[C@@H](O)[C@@H]1O.CCC(C)COC(=O)CCC(=O)N[C@H]1C(OC(C)C)O[C@H](CO)[C@@H](O)[C@@H]1O.CCC(CC)OC(=O)CCC(=O)N[C@H]1C(OC(C)C)O[C@H](CO)[C@@H](O)[C@@H]1O. The van der Waals surface area contributed by atoms with Gasteiger partial charge in [-0.3, -0.25) is 47.9 Å². The van der Waals surface area contributed by atoms with E-state index in [4.69, 9.17) is 76.5 Å². The summed E-state index contributed by atoms with van der Waals surface area (Å²) in [6.07, 6.45) is -25.7. The first-order valence-electron chi connectivity index (χ1n) is 49.9. The fourth-order valence-corrected chi connectivity index (χ4v) is 14.5. The Kier molecular flexibility index (Phi) is 67.2. The van der Waals surface area contributed by atoms with Gasteiger partial charge in [-0.2, -0.15) is 0 Å². The van der Waals surface area contributed by atoms with Gasteiger partial charge in [-0.25, -0.2) is 0 Å². The molecule has 0 spiro atoms. The molecular weight excluding hydrogens is 1910 g/mol. The van der Waals surface area contributed by atoms with Gasteiger partial charge in [0.15, 0.2) is 37.7 Å². The van der Waals surface area contributed by atoms with E-state index in [-0.39, 0.29) is 148 Å². The van der Waals surface area contributed by atoms with E-state index >= 15 is 0 Å². The molecule has 24 N–H and O–H groups in total. The maximum absolute atomic E-state index is 12.2. The van der Waals surface area contributed by atoms with Gasteiger partial charge in [0.1, 0.15) is 170 Å². The highest BCUT2D eigenvalue weighted by molar-refractivity contribution is 5.87. The first kappa shape index (κ1) is 136. The summed E-state index contributed by atoms with van der Waals surface area (Å²) in [6.45, 7) is 35.1. The van der Waals surface area contributed by atoms with E-state index in [0.29, 0.717) is 32.3 Å². The predicted molar refractivity (Wildman–Crippen MR) is 508 cm³/mol. The lowest BCUT2D eigenvalue weighted by atomic mass is 9.96. The number of rotatable bonds is 50. The second kappa shape index (κ2) is 71.3. The smallest absolute Gasteiger partial charge is 0.306 e. The molecule has 0 aliphatic carbocycles. The molecule has 842 valence electrons. The molecule has 6 heterocycles. The molecule has 6 rings (SSSR count). The van der Waals surface area contributed by atoms with Gasteiger partial charge in [0, 0.05) is 70.6 Å². The predicted octanol–water partition coefficient (Wildman–Crippen LogP) is -3.78. The lowest BCUT2D eigenvalue weighted by molar-refractivity contribution is -0.278. The minimum Gasteiger partial charge on any atom is -0.465 e. The van der Waals surface area contributed by atoms with Crippen molar-refractivity contribution in [2.24, 2.45) is 11.8 Å². The molecule has 0 radical (unpaired) electrons. The highest BCUT2D eigenvalue weighted by atomic mass is 16.7. The summed E-state index contributed by atoms with van der Waals surface area (Å²) < 4.78 is 76.1. The van der Waals surface area contributed by atoms with Crippen molar-refractivity contribution >= 4 is 64.7 Å². The maximum atomic E-state index is 12.2. The number of amides is 6. The topological polar surface area (TPSA) is 753 Å². The largest absolute Gasteiger partial charge is 0.465 e. The maximum Gasteiger partial charge on any atom is 0.306 e. The van der Waals surface area contributed by atoms with E-state index in [1.165, 1.54) is 6.92 Å². The van der Waals surface area contributed by atoms with Crippen LogP contribution in [0.5, 0.6) is 0 Å². The molecule has 0 saturated carbocycles. The van der Waals surface area contributed by atoms with Crippen molar-refractivity contribution in [2.45, 2.75) is 481 Å². The fourth-order valence-electron chi connectivity index (χ4n) is 14.5. The third-order valence-electron chi connectivity index (χ3n) is 23.2. The van der Waals surface area contributed by atoms with E-state index < -0.39 is 265 Å². The Morgan fingerprint density at radius 1 is 0.264 bits per heavy atom. The molecule has 6 fully saturated rings. The lowest BCUT2D eigenvalue weighted by Gasteiger charge is -2.42. The van der Waals surface area contributed by atoms with E-state index in [2.05, 4.69) is 31.9 Å². The van der Waals surface area contributed by atoms with Crippen molar-refractivity contribution < 1.29 is 211 Å². The van der Waals surface area contributed by atoms with E-state index in [1.54, 1.807) is 96.9 Å². The number of Topliss-reactive ketones (excluding diaryl/α,β-unsaturated/α-hetero) is 3. The number of carbonyl (C=O) groups excluding carboxylic acids is 11. The Bertz CT molecular complexity index is 3650. The Labute approximate surface area is 843 Å². The average molecular weight is 2090 g/mol.